The molecule has 1 atom stereocenters. The Morgan fingerprint density at radius 1 is 1.50 bits per heavy atom. The molecule has 7 heteroatoms. The first-order valence-electron chi connectivity index (χ1n) is 6.68. The Morgan fingerprint density at radius 3 is 2.91 bits per heavy atom. The van der Waals surface area contributed by atoms with E-state index in [1.165, 1.54) is 0 Å². The number of benzene rings is 1. The molecule has 22 heavy (non-hydrogen) atoms. The Balaban J connectivity index is 0.00000242. The molecule has 2 aromatic rings. The van der Waals surface area contributed by atoms with E-state index >= 15 is 0 Å². The van der Waals surface area contributed by atoms with Gasteiger partial charge in [0.1, 0.15) is 6.26 Å². The smallest absolute Gasteiger partial charge is 0.241 e. The van der Waals surface area contributed by atoms with Crippen molar-refractivity contribution in [2.24, 2.45) is 5.73 Å². The molecule has 0 spiro atoms. The monoisotopic (exact) mass is 341 g/mol. The SMILES string of the molecule is CSCC[C@H](N)C(=O)Nc1cccc(-c2nc(C)co2)c1.Cl. The first kappa shape index (κ1) is 18.5. The van der Waals surface area contributed by atoms with Gasteiger partial charge in [-0.15, -0.1) is 12.4 Å². The van der Waals surface area contributed by atoms with Gasteiger partial charge >= 0.3 is 0 Å². The van der Waals surface area contributed by atoms with Crippen molar-refractivity contribution in [3.05, 3.63) is 36.2 Å². The van der Waals surface area contributed by atoms with Crippen molar-refractivity contribution in [1.82, 2.24) is 4.98 Å². The number of amides is 1. The van der Waals surface area contributed by atoms with Crippen LogP contribution in [0.5, 0.6) is 0 Å². The summed E-state index contributed by atoms with van der Waals surface area (Å²) in [5.74, 6) is 1.23. The summed E-state index contributed by atoms with van der Waals surface area (Å²) in [5.41, 5.74) is 8.17. The predicted octanol–water partition coefficient (Wildman–Crippen LogP) is 3.09. The molecule has 0 aliphatic carbocycles. The zero-order valence-electron chi connectivity index (χ0n) is 12.5. The molecule has 120 valence electrons. The van der Waals surface area contributed by atoms with E-state index in [0.29, 0.717) is 18.0 Å². The van der Waals surface area contributed by atoms with Gasteiger partial charge in [0.15, 0.2) is 0 Å². The third-order valence-electron chi connectivity index (χ3n) is 2.97. The quantitative estimate of drug-likeness (QED) is 0.843. The van der Waals surface area contributed by atoms with E-state index in [0.717, 1.165) is 17.0 Å². The summed E-state index contributed by atoms with van der Waals surface area (Å²) in [4.78, 5) is 16.3. The Bertz CT molecular complexity index is 618. The topological polar surface area (TPSA) is 81.2 Å². The average molecular weight is 342 g/mol. The van der Waals surface area contributed by atoms with Crippen LogP contribution >= 0.6 is 24.2 Å². The first-order chi connectivity index (χ1) is 10.1. The summed E-state index contributed by atoms with van der Waals surface area (Å²) in [6.45, 7) is 1.86. The van der Waals surface area contributed by atoms with Crippen LogP contribution in [0, 0.1) is 6.92 Å². The van der Waals surface area contributed by atoms with Crippen LogP contribution in [-0.2, 0) is 4.79 Å². The van der Waals surface area contributed by atoms with Gasteiger partial charge in [-0.3, -0.25) is 4.79 Å². The van der Waals surface area contributed by atoms with Crippen molar-refractivity contribution in [3.63, 3.8) is 0 Å². The molecule has 5 nitrogen and oxygen atoms in total. The number of carbonyl (C=O) groups is 1. The molecule has 0 fully saturated rings. The molecule has 1 amide bonds. The second-order valence-electron chi connectivity index (χ2n) is 4.75. The van der Waals surface area contributed by atoms with Gasteiger partial charge < -0.3 is 15.5 Å². The van der Waals surface area contributed by atoms with Gasteiger partial charge in [-0.1, -0.05) is 6.07 Å². The summed E-state index contributed by atoms with van der Waals surface area (Å²) >= 11 is 1.68. The van der Waals surface area contributed by atoms with E-state index in [9.17, 15) is 4.79 Å². The lowest BCUT2D eigenvalue weighted by Crippen LogP contribution is -2.36. The summed E-state index contributed by atoms with van der Waals surface area (Å²) in [6, 6.07) is 6.88. The summed E-state index contributed by atoms with van der Waals surface area (Å²) < 4.78 is 5.36. The molecule has 1 aromatic carbocycles. The average Bonchev–Trinajstić information content (AvgIpc) is 2.91. The van der Waals surface area contributed by atoms with Crippen molar-refractivity contribution < 1.29 is 9.21 Å². The van der Waals surface area contributed by atoms with Crippen molar-refractivity contribution in [2.45, 2.75) is 19.4 Å². The number of aromatic nitrogens is 1. The third-order valence-corrected chi connectivity index (χ3v) is 3.61. The molecule has 3 N–H and O–H groups in total. The fourth-order valence-electron chi connectivity index (χ4n) is 1.83. The molecule has 1 aromatic heterocycles. The van der Waals surface area contributed by atoms with Crippen molar-refractivity contribution in [2.75, 3.05) is 17.3 Å². The molecule has 0 aliphatic rings. The summed E-state index contributed by atoms with van der Waals surface area (Å²) in [6.07, 6.45) is 4.25. The number of hydrogen-bond acceptors (Lipinski definition) is 5. The summed E-state index contributed by atoms with van der Waals surface area (Å²) in [5, 5.41) is 2.82. The van der Waals surface area contributed by atoms with E-state index in [1.54, 1.807) is 18.0 Å². The fraction of sp³-hybridized carbons (Fsp3) is 0.333. The van der Waals surface area contributed by atoms with Gasteiger partial charge in [-0.05, 0) is 43.6 Å². The van der Waals surface area contributed by atoms with Gasteiger partial charge in [0.2, 0.25) is 11.8 Å². The number of nitrogens with zero attached hydrogens (tertiary/aromatic N) is 1. The van der Waals surface area contributed by atoms with Crippen LogP contribution in [0.4, 0.5) is 5.69 Å². The number of thioether (sulfide) groups is 1. The minimum Gasteiger partial charge on any atom is -0.444 e. The number of halogens is 1. The Hall–Kier alpha value is -1.50. The highest BCUT2D eigenvalue weighted by molar-refractivity contribution is 7.98. The largest absolute Gasteiger partial charge is 0.444 e. The molecule has 0 radical (unpaired) electrons. The third kappa shape index (κ3) is 5.05. The zero-order chi connectivity index (χ0) is 15.2. The van der Waals surface area contributed by atoms with Crippen molar-refractivity contribution >= 4 is 35.8 Å². The Morgan fingerprint density at radius 2 is 2.27 bits per heavy atom. The number of carbonyl (C=O) groups excluding carboxylic acids is 1. The van der Waals surface area contributed by atoms with Gasteiger partial charge in [-0.2, -0.15) is 11.8 Å². The second kappa shape index (κ2) is 8.82. The number of rotatable bonds is 6. The van der Waals surface area contributed by atoms with Crippen LogP contribution in [0.3, 0.4) is 0 Å². The number of aryl methyl sites for hydroxylation is 1. The Labute approximate surface area is 140 Å². The molecular formula is C15H20ClN3O2S. The van der Waals surface area contributed by atoms with Crippen LogP contribution in [0.1, 0.15) is 12.1 Å². The maximum absolute atomic E-state index is 12.0. The second-order valence-corrected chi connectivity index (χ2v) is 5.74. The van der Waals surface area contributed by atoms with Crippen molar-refractivity contribution in [1.29, 1.82) is 0 Å². The standard InChI is InChI=1S/C15H19N3O2S.ClH/c1-10-9-20-15(17-10)11-4-3-5-12(8-11)18-14(19)13(16)6-7-21-2;/h3-5,8-9,13H,6-7,16H2,1-2H3,(H,18,19);1H/t13-;/m0./s1. The zero-order valence-corrected chi connectivity index (χ0v) is 14.2. The highest BCUT2D eigenvalue weighted by atomic mass is 35.5. The minimum absolute atomic E-state index is 0. The molecule has 0 saturated carbocycles. The van der Waals surface area contributed by atoms with E-state index in [4.69, 9.17) is 10.2 Å². The number of nitrogens with two attached hydrogens (primary N) is 1. The van der Waals surface area contributed by atoms with Crippen LogP contribution in [0.2, 0.25) is 0 Å². The van der Waals surface area contributed by atoms with Gasteiger partial charge in [0.25, 0.3) is 0 Å². The number of oxazole rings is 1. The molecular weight excluding hydrogens is 322 g/mol. The van der Waals surface area contributed by atoms with E-state index in [-0.39, 0.29) is 18.3 Å². The number of hydrogen-bond donors (Lipinski definition) is 2. The van der Waals surface area contributed by atoms with Crippen LogP contribution in [-0.4, -0.2) is 28.9 Å². The number of nitrogens with one attached hydrogen (secondary N) is 1. The van der Waals surface area contributed by atoms with Crippen LogP contribution < -0.4 is 11.1 Å². The van der Waals surface area contributed by atoms with Crippen LogP contribution in [0.25, 0.3) is 11.5 Å². The summed E-state index contributed by atoms with van der Waals surface area (Å²) in [7, 11) is 0. The predicted molar refractivity (Wildman–Crippen MR) is 93.5 cm³/mol. The van der Waals surface area contributed by atoms with Gasteiger partial charge in [0, 0.05) is 11.3 Å². The normalized spacial score (nSPS) is 11.6. The van der Waals surface area contributed by atoms with E-state index in [2.05, 4.69) is 10.3 Å². The highest BCUT2D eigenvalue weighted by Crippen LogP contribution is 2.22. The minimum atomic E-state index is -0.495. The van der Waals surface area contributed by atoms with E-state index in [1.807, 2.05) is 37.4 Å². The maximum atomic E-state index is 12.0. The lowest BCUT2D eigenvalue weighted by Gasteiger charge is -2.12. The molecule has 1 heterocycles. The lowest BCUT2D eigenvalue weighted by atomic mass is 10.2. The Kier molecular flexibility index (Phi) is 7.44. The lowest BCUT2D eigenvalue weighted by molar-refractivity contribution is -0.117. The van der Waals surface area contributed by atoms with Gasteiger partial charge in [0.05, 0.1) is 11.7 Å². The van der Waals surface area contributed by atoms with E-state index < -0.39 is 6.04 Å². The molecule has 2 rings (SSSR count). The molecule has 0 unspecified atom stereocenters. The van der Waals surface area contributed by atoms with Crippen molar-refractivity contribution in [3.8, 4) is 11.5 Å². The maximum Gasteiger partial charge on any atom is 0.241 e. The first-order valence-corrected chi connectivity index (χ1v) is 8.07. The van der Waals surface area contributed by atoms with Crippen LogP contribution in [0.15, 0.2) is 34.9 Å². The highest BCUT2D eigenvalue weighted by Gasteiger charge is 2.13. The molecule has 0 bridgehead atoms. The molecule has 0 saturated heterocycles. The number of anilines is 1. The fourth-order valence-corrected chi connectivity index (χ4v) is 2.32. The van der Waals surface area contributed by atoms with Gasteiger partial charge in [-0.25, -0.2) is 4.98 Å². The molecule has 0 aliphatic heterocycles.